The van der Waals surface area contributed by atoms with Crippen LogP contribution in [0.1, 0.15) is 16.8 Å². The molecule has 0 fully saturated rings. The first-order valence-electron chi connectivity index (χ1n) is 4.11. The Morgan fingerprint density at radius 1 is 1.57 bits per heavy atom. The maximum Gasteiger partial charge on any atom is 0.164 e. The molecule has 0 atom stereocenters. The molecule has 0 aromatic heterocycles. The summed E-state index contributed by atoms with van der Waals surface area (Å²) in [5.74, 6) is 1.13. The lowest BCUT2D eigenvalue weighted by molar-refractivity contribution is 0.0989. The summed E-state index contributed by atoms with van der Waals surface area (Å²) in [5.41, 5.74) is 0.655. The Labute approximate surface area is 102 Å². The molecule has 4 heteroatoms. The second-order valence-corrected chi connectivity index (χ2v) is 4.25. The highest BCUT2D eigenvalue weighted by molar-refractivity contribution is 14.1. The molecule has 1 aromatic carbocycles. The molecular weight excluding hydrogens is 314 g/mol. The zero-order valence-corrected chi connectivity index (χ0v) is 10.6. The number of ketones is 1. The molecule has 0 spiro atoms. The number of Topliss-reactive ketones (excluding diaryl/α,β-unsaturated/α-hetero) is 1. The lowest BCUT2D eigenvalue weighted by atomic mass is 10.1. The molecule has 0 bridgehead atoms. The molecule has 76 valence electrons. The first-order valence-corrected chi connectivity index (χ1v) is 5.73. The van der Waals surface area contributed by atoms with E-state index in [1.807, 2.05) is 6.07 Å². The molecular formula is C10H10ClIO2. The van der Waals surface area contributed by atoms with Gasteiger partial charge in [-0.05, 0) is 34.7 Å². The van der Waals surface area contributed by atoms with Gasteiger partial charge >= 0.3 is 0 Å². The number of benzene rings is 1. The van der Waals surface area contributed by atoms with Gasteiger partial charge in [-0.25, -0.2) is 0 Å². The van der Waals surface area contributed by atoms with Crippen LogP contribution in [0.5, 0.6) is 5.75 Å². The molecule has 14 heavy (non-hydrogen) atoms. The first-order chi connectivity index (χ1) is 6.69. The Balaban J connectivity index is 2.94. The van der Waals surface area contributed by atoms with E-state index >= 15 is 0 Å². The second-order valence-electron chi connectivity index (χ2n) is 2.71. The van der Waals surface area contributed by atoms with Crippen LogP contribution in [0, 0.1) is 3.57 Å². The molecule has 0 amide bonds. The van der Waals surface area contributed by atoms with Crippen LogP contribution in [0.25, 0.3) is 0 Å². The molecule has 0 radical (unpaired) electrons. The number of carbonyl (C=O) groups excluding carboxylic acids is 1. The van der Waals surface area contributed by atoms with Gasteiger partial charge in [0.15, 0.2) is 5.78 Å². The largest absolute Gasteiger partial charge is 0.496 e. The molecule has 0 N–H and O–H groups in total. The molecule has 0 saturated carbocycles. The molecule has 0 aliphatic rings. The Morgan fingerprint density at radius 2 is 2.29 bits per heavy atom. The minimum Gasteiger partial charge on any atom is -0.496 e. The van der Waals surface area contributed by atoms with Gasteiger partial charge in [0.25, 0.3) is 0 Å². The lowest BCUT2D eigenvalue weighted by Crippen LogP contribution is -2.00. The number of rotatable bonds is 4. The summed E-state index contributed by atoms with van der Waals surface area (Å²) in [6, 6.07) is 5.40. The van der Waals surface area contributed by atoms with Gasteiger partial charge in [-0.15, -0.1) is 11.6 Å². The summed E-state index contributed by atoms with van der Waals surface area (Å²) in [6.45, 7) is 0. The SMILES string of the molecule is COc1cc(C(=O)CCCl)ccc1I. The quantitative estimate of drug-likeness (QED) is 0.483. The third kappa shape index (κ3) is 2.85. The van der Waals surface area contributed by atoms with E-state index in [2.05, 4.69) is 22.6 Å². The predicted octanol–water partition coefficient (Wildman–Crippen LogP) is 3.11. The fraction of sp³-hybridized carbons (Fsp3) is 0.300. The van der Waals surface area contributed by atoms with Gasteiger partial charge in [0.05, 0.1) is 10.7 Å². The maximum absolute atomic E-state index is 11.5. The fourth-order valence-corrected chi connectivity index (χ4v) is 1.79. The van der Waals surface area contributed by atoms with Gasteiger partial charge in [-0.3, -0.25) is 4.79 Å². The van der Waals surface area contributed by atoms with Gasteiger partial charge in [-0.1, -0.05) is 6.07 Å². The minimum atomic E-state index is 0.0506. The van der Waals surface area contributed by atoms with E-state index in [4.69, 9.17) is 16.3 Å². The van der Waals surface area contributed by atoms with Crippen molar-refractivity contribution < 1.29 is 9.53 Å². The summed E-state index contributed by atoms with van der Waals surface area (Å²) in [7, 11) is 1.59. The van der Waals surface area contributed by atoms with Crippen molar-refractivity contribution >= 4 is 40.0 Å². The van der Waals surface area contributed by atoms with Crippen LogP contribution in [-0.2, 0) is 0 Å². The molecule has 2 nitrogen and oxygen atoms in total. The van der Waals surface area contributed by atoms with Gasteiger partial charge in [0.2, 0.25) is 0 Å². The highest BCUT2D eigenvalue weighted by Gasteiger charge is 2.08. The molecule has 0 aliphatic carbocycles. The third-order valence-corrected chi connectivity index (χ3v) is 2.87. The fourth-order valence-electron chi connectivity index (χ4n) is 1.06. The van der Waals surface area contributed by atoms with E-state index in [0.717, 1.165) is 9.32 Å². The molecule has 0 heterocycles. The van der Waals surface area contributed by atoms with Crippen LogP contribution in [0.2, 0.25) is 0 Å². The van der Waals surface area contributed by atoms with Crippen molar-refractivity contribution in [2.75, 3.05) is 13.0 Å². The highest BCUT2D eigenvalue weighted by atomic mass is 127. The summed E-state index contributed by atoms with van der Waals surface area (Å²) in [4.78, 5) is 11.5. The lowest BCUT2D eigenvalue weighted by Gasteiger charge is -2.05. The van der Waals surface area contributed by atoms with Crippen molar-refractivity contribution in [3.05, 3.63) is 27.3 Å². The van der Waals surface area contributed by atoms with Crippen LogP contribution in [-0.4, -0.2) is 18.8 Å². The van der Waals surface area contributed by atoms with Crippen molar-refractivity contribution in [1.29, 1.82) is 0 Å². The number of ether oxygens (including phenoxy) is 1. The number of methoxy groups -OCH3 is 1. The van der Waals surface area contributed by atoms with Crippen molar-refractivity contribution in [3.8, 4) is 5.75 Å². The van der Waals surface area contributed by atoms with Crippen LogP contribution in [0.3, 0.4) is 0 Å². The van der Waals surface area contributed by atoms with E-state index in [1.165, 1.54) is 0 Å². The molecule has 1 aromatic rings. The Bertz CT molecular complexity index is 339. The summed E-state index contributed by atoms with van der Waals surface area (Å²) < 4.78 is 6.11. The molecule has 0 unspecified atom stereocenters. The second kappa shape index (κ2) is 5.56. The van der Waals surface area contributed by atoms with Gasteiger partial charge in [-0.2, -0.15) is 0 Å². The standard InChI is InChI=1S/C10H10ClIO2/c1-14-10-6-7(2-3-8(10)12)9(13)4-5-11/h2-3,6H,4-5H2,1H3. The van der Waals surface area contributed by atoms with E-state index in [9.17, 15) is 4.79 Å². The van der Waals surface area contributed by atoms with Gasteiger partial charge < -0.3 is 4.74 Å². The smallest absolute Gasteiger partial charge is 0.164 e. The molecule has 1 rings (SSSR count). The van der Waals surface area contributed by atoms with Crippen molar-refractivity contribution in [3.63, 3.8) is 0 Å². The predicted molar refractivity (Wildman–Crippen MR) is 65.4 cm³/mol. The van der Waals surface area contributed by atoms with E-state index in [0.29, 0.717) is 17.9 Å². The average molecular weight is 325 g/mol. The maximum atomic E-state index is 11.5. The van der Waals surface area contributed by atoms with Crippen LogP contribution >= 0.6 is 34.2 Å². The van der Waals surface area contributed by atoms with Crippen LogP contribution in [0.15, 0.2) is 18.2 Å². The summed E-state index contributed by atoms with van der Waals surface area (Å²) in [5, 5.41) is 0. The van der Waals surface area contributed by atoms with Crippen molar-refractivity contribution in [2.45, 2.75) is 6.42 Å². The van der Waals surface area contributed by atoms with Crippen molar-refractivity contribution in [2.24, 2.45) is 0 Å². The zero-order valence-electron chi connectivity index (χ0n) is 7.72. The number of hydrogen-bond donors (Lipinski definition) is 0. The van der Waals surface area contributed by atoms with Gasteiger partial charge in [0.1, 0.15) is 5.75 Å². The summed E-state index contributed by atoms with van der Waals surface area (Å²) >= 11 is 7.66. The minimum absolute atomic E-state index is 0.0506. The Morgan fingerprint density at radius 3 is 2.86 bits per heavy atom. The van der Waals surface area contributed by atoms with E-state index < -0.39 is 0 Å². The van der Waals surface area contributed by atoms with Crippen LogP contribution < -0.4 is 4.74 Å². The Kier molecular flexibility index (Phi) is 4.68. The highest BCUT2D eigenvalue weighted by Crippen LogP contribution is 2.22. The van der Waals surface area contributed by atoms with Gasteiger partial charge in [0, 0.05) is 17.9 Å². The molecule has 0 aliphatic heterocycles. The molecule has 0 saturated heterocycles. The number of halogens is 2. The first kappa shape index (κ1) is 11.8. The van der Waals surface area contributed by atoms with Crippen molar-refractivity contribution in [1.82, 2.24) is 0 Å². The summed E-state index contributed by atoms with van der Waals surface area (Å²) in [6.07, 6.45) is 0.366. The van der Waals surface area contributed by atoms with E-state index in [1.54, 1.807) is 19.2 Å². The number of carbonyl (C=O) groups is 1. The van der Waals surface area contributed by atoms with E-state index in [-0.39, 0.29) is 5.78 Å². The monoisotopic (exact) mass is 324 g/mol. The van der Waals surface area contributed by atoms with Crippen LogP contribution in [0.4, 0.5) is 0 Å². The zero-order chi connectivity index (χ0) is 10.6. The number of hydrogen-bond acceptors (Lipinski definition) is 2. The normalized spacial score (nSPS) is 9.93. The Hall–Kier alpha value is -0.290. The topological polar surface area (TPSA) is 26.3 Å². The number of alkyl halides is 1. The third-order valence-electron chi connectivity index (χ3n) is 1.79. The average Bonchev–Trinajstić information content (AvgIpc) is 2.19.